The molecule has 0 radical (unpaired) electrons. The van der Waals surface area contributed by atoms with Gasteiger partial charge in [0.2, 0.25) is 0 Å². The van der Waals surface area contributed by atoms with Gasteiger partial charge in [-0.1, -0.05) is 5.21 Å². The molecule has 1 aliphatic rings. The monoisotopic (exact) mass is 354 g/mol. The molecule has 0 amide bonds. The van der Waals surface area contributed by atoms with Crippen LogP contribution in [0.5, 0.6) is 0 Å². The Kier molecular flexibility index (Phi) is 3.54. The fourth-order valence-corrected chi connectivity index (χ4v) is 2.92. The van der Waals surface area contributed by atoms with Crippen molar-refractivity contribution in [2.24, 2.45) is 7.05 Å². The van der Waals surface area contributed by atoms with E-state index < -0.39 is 5.97 Å². The summed E-state index contributed by atoms with van der Waals surface area (Å²) in [6, 6.07) is 0.179. The quantitative estimate of drug-likeness (QED) is 0.874. The maximum absolute atomic E-state index is 10.8. The molecule has 0 spiro atoms. The molecule has 0 bridgehead atoms. The van der Waals surface area contributed by atoms with Gasteiger partial charge in [-0.05, 0) is 22.9 Å². The highest BCUT2D eigenvalue weighted by atomic mass is 79.9. The van der Waals surface area contributed by atoms with Crippen LogP contribution in [0.25, 0.3) is 0 Å². The number of likely N-dealkylation sites (tertiary alicyclic amines) is 1. The minimum absolute atomic E-state index is 0.0153. The summed E-state index contributed by atoms with van der Waals surface area (Å²) >= 11 is 3.56. The molecule has 1 N–H and O–H groups in total. The van der Waals surface area contributed by atoms with Gasteiger partial charge >= 0.3 is 5.97 Å². The summed E-state index contributed by atoms with van der Waals surface area (Å²) in [6.45, 7) is 4.41. The highest BCUT2D eigenvalue weighted by Crippen LogP contribution is 2.26. The first-order valence-electron chi connectivity index (χ1n) is 6.51. The first-order chi connectivity index (χ1) is 9.95. The zero-order chi connectivity index (χ0) is 15.1. The number of nitrogens with zero attached hydrogens (tertiary/aromatic N) is 6. The summed E-state index contributed by atoms with van der Waals surface area (Å²) in [4.78, 5) is 13.0. The van der Waals surface area contributed by atoms with E-state index >= 15 is 0 Å². The van der Waals surface area contributed by atoms with Crippen molar-refractivity contribution < 1.29 is 9.90 Å². The minimum atomic E-state index is -1.05. The van der Waals surface area contributed by atoms with Gasteiger partial charge in [-0.15, -0.1) is 5.10 Å². The van der Waals surface area contributed by atoms with Crippen LogP contribution in [-0.2, 0) is 13.6 Å². The molecule has 9 heteroatoms. The van der Waals surface area contributed by atoms with E-state index in [4.69, 9.17) is 5.11 Å². The summed E-state index contributed by atoms with van der Waals surface area (Å²) < 4.78 is 4.55. The zero-order valence-corrected chi connectivity index (χ0v) is 13.3. The third kappa shape index (κ3) is 2.58. The van der Waals surface area contributed by atoms with Crippen LogP contribution in [0.15, 0.2) is 10.7 Å². The molecule has 0 unspecified atom stereocenters. The fraction of sp³-hybridized carbons (Fsp3) is 0.500. The number of hydrogen-bond acceptors (Lipinski definition) is 5. The molecule has 0 atom stereocenters. The molecule has 1 saturated heterocycles. The molecule has 21 heavy (non-hydrogen) atoms. The fourth-order valence-electron chi connectivity index (χ4n) is 2.46. The van der Waals surface area contributed by atoms with Gasteiger partial charge in [0.25, 0.3) is 0 Å². The molecule has 0 saturated carbocycles. The van der Waals surface area contributed by atoms with Crippen LogP contribution >= 0.6 is 15.9 Å². The Bertz CT molecular complexity index is 688. The van der Waals surface area contributed by atoms with Gasteiger partial charge in [0.05, 0.1) is 28.1 Å². The molecule has 8 nitrogen and oxygen atoms in total. The number of rotatable bonds is 4. The van der Waals surface area contributed by atoms with Gasteiger partial charge in [-0.3, -0.25) is 9.58 Å². The Morgan fingerprint density at radius 2 is 2.24 bits per heavy atom. The summed E-state index contributed by atoms with van der Waals surface area (Å²) in [7, 11) is 1.93. The number of aromatic nitrogens is 5. The van der Waals surface area contributed by atoms with Crippen molar-refractivity contribution in [3.8, 4) is 0 Å². The first kappa shape index (κ1) is 14.2. The number of carboxylic acids is 1. The minimum Gasteiger partial charge on any atom is -0.476 e. The SMILES string of the molecule is Cc1nn(C)c(CN2CC(n3cc(C(=O)O)nn3)C2)c1Br. The van der Waals surface area contributed by atoms with E-state index in [1.54, 1.807) is 4.68 Å². The van der Waals surface area contributed by atoms with Crippen molar-refractivity contribution in [1.29, 1.82) is 0 Å². The molecule has 112 valence electrons. The van der Waals surface area contributed by atoms with E-state index in [0.717, 1.165) is 35.5 Å². The average molecular weight is 355 g/mol. The van der Waals surface area contributed by atoms with E-state index in [1.807, 2.05) is 18.7 Å². The van der Waals surface area contributed by atoms with Crippen molar-refractivity contribution in [3.63, 3.8) is 0 Å². The van der Waals surface area contributed by atoms with Gasteiger partial charge in [-0.25, -0.2) is 9.48 Å². The van der Waals surface area contributed by atoms with Crippen molar-refractivity contribution in [2.75, 3.05) is 13.1 Å². The maximum atomic E-state index is 10.8. The Morgan fingerprint density at radius 1 is 1.52 bits per heavy atom. The summed E-state index contributed by atoms with van der Waals surface area (Å²) in [5.74, 6) is -1.05. The standard InChI is InChI=1S/C12H15BrN6O2/c1-7-11(13)10(17(2)15-7)6-18-3-8(4-18)19-5-9(12(20)21)14-16-19/h5,8H,3-4,6H2,1-2H3,(H,20,21). The van der Waals surface area contributed by atoms with Crippen LogP contribution in [0.3, 0.4) is 0 Å². The van der Waals surface area contributed by atoms with E-state index in [1.165, 1.54) is 6.20 Å². The van der Waals surface area contributed by atoms with Crippen LogP contribution < -0.4 is 0 Å². The van der Waals surface area contributed by atoms with Crippen LogP contribution in [0.2, 0.25) is 0 Å². The van der Waals surface area contributed by atoms with Crippen molar-refractivity contribution in [1.82, 2.24) is 29.7 Å². The Morgan fingerprint density at radius 3 is 2.76 bits per heavy atom. The first-order valence-corrected chi connectivity index (χ1v) is 7.30. The van der Waals surface area contributed by atoms with E-state index in [9.17, 15) is 4.79 Å². The second kappa shape index (κ2) is 5.23. The normalized spacial score (nSPS) is 16.1. The van der Waals surface area contributed by atoms with Crippen LogP contribution in [0.4, 0.5) is 0 Å². The van der Waals surface area contributed by atoms with Gasteiger partial charge in [0, 0.05) is 26.7 Å². The Balaban J connectivity index is 1.61. The third-order valence-corrected chi connectivity index (χ3v) is 4.71. The Hall–Kier alpha value is -1.74. The topological polar surface area (TPSA) is 89.1 Å². The number of carboxylic acid groups (broad SMARTS) is 1. The lowest BCUT2D eigenvalue weighted by Crippen LogP contribution is -2.47. The lowest BCUT2D eigenvalue weighted by atomic mass is 10.1. The van der Waals surface area contributed by atoms with Crippen LogP contribution in [0, 0.1) is 6.92 Å². The lowest BCUT2D eigenvalue weighted by molar-refractivity contribution is 0.0689. The summed E-state index contributed by atoms with van der Waals surface area (Å²) in [6.07, 6.45) is 1.48. The average Bonchev–Trinajstić information content (AvgIpc) is 2.93. The second-order valence-electron chi connectivity index (χ2n) is 5.21. The van der Waals surface area contributed by atoms with Crippen molar-refractivity contribution >= 4 is 21.9 Å². The van der Waals surface area contributed by atoms with E-state index in [-0.39, 0.29) is 11.7 Å². The number of carbonyl (C=O) groups is 1. The molecule has 0 aliphatic carbocycles. The van der Waals surface area contributed by atoms with Gasteiger partial charge in [0.1, 0.15) is 0 Å². The molecular formula is C12H15BrN6O2. The number of aromatic carboxylic acids is 1. The van der Waals surface area contributed by atoms with Crippen molar-refractivity contribution in [3.05, 3.63) is 27.8 Å². The predicted molar refractivity (Wildman–Crippen MR) is 76.9 cm³/mol. The predicted octanol–water partition coefficient (Wildman–Crippen LogP) is 0.838. The lowest BCUT2D eigenvalue weighted by Gasteiger charge is -2.38. The third-order valence-electron chi connectivity index (χ3n) is 3.68. The van der Waals surface area contributed by atoms with Gasteiger partial charge in [-0.2, -0.15) is 5.10 Å². The molecule has 3 heterocycles. The number of hydrogen-bond donors (Lipinski definition) is 1. The van der Waals surface area contributed by atoms with Gasteiger partial charge in [0.15, 0.2) is 5.69 Å². The number of aryl methyl sites for hydroxylation is 2. The van der Waals surface area contributed by atoms with E-state index in [0.29, 0.717) is 0 Å². The maximum Gasteiger partial charge on any atom is 0.358 e. The van der Waals surface area contributed by atoms with Crippen molar-refractivity contribution in [2.45, 2.75) is 19.5 Å². The highest BCUT2D eigenvalue weighted by Gasteiger charge is 2.31. The smallest absolute Gasteiger partial charge is 0.358 e. The zero-order valence-electron chi connectivity index (χ0n) is 11.7. The summed E-state index contributed by atoms with van der Waals surface area (Å²) in [5.41, 5.74) is 2.10. The summed E-state index contributed by atoms with van der Waals surface area (Å²) in [5, 5.41) is 20.7. The molecular weight excluding hydrogens is 340 g/mol. The molecule has 3 rings (SSSR count). The molecule has 2 aromatic rings. The molecule has 1 aliphatic heterocycles. The Labute approximate surface area is 129 Å². The van der Waals surface area contributed by atoms with Crippen LogP contribution in [-0.4, -0.2) is 53.8 Å². The molecule has 2 aromatic heterocycles. The second-order valence-corrected chi connectivity index (χ2v) is 6.00. The van der Waals surface area contributed by atoms with E-state index in [2.05, 4.69) is 36.2 Å². The molecule has 0 aromatic carbocycles. The van der Waals surface area contributed by atoms with Gasteiger partial charge < -0.3 is 5.11 Å². The highest BCUT2D eigenvalue weighted by molar-refractivity contribution is 9.10. The van der Waals surface area contributed by atoms with Crippen LogP contribution in [0.1, 0.15) is 27.9 Å². The molecule has 1 fully saturated rings. The number of halogens is 1. The largest absolute Gasteiger partial charge is 0.476 e.